The molecule has 26 heavy (non-hydrogen) atoms. The Hall–Kier alpha value is -3.35. The molecule has 4 rings (SSSR count). The van der Waals surface area contributed by atoms with Crippen molar-refractivity contribution in [3.63, 3.8) is 0 Å². The average Bonchev–Trinajstić information content (AvgIpc) is 2.95. The topological polar surface area (TPSA) is 81.4 Å². The summed E-state index contributed by atoms with van der Waals surface area (Å²) in [7, 11) is 1.89. The Kier molecular flexibility index (Phi) is 3.84. The lowest BCUT2D eigenvalue weighted by Gasteiger charge is -2.09. The minimum absolute atomic E-state index is 0.457. The third kappa shape index (κ3) is 2.88. The van der Waals surface area contributed by atoms with E-state index in [-0.39, 0.29) is 0 Å². The number of nitrogens with one attached hydrogen (secondary N) is 1. The zero-order chi connectivity index (χ0) is 18.3. The molecule has 0 amide bonds. The summed E-state index contributed by atoms with van der Waals surface area (Å²) in [6, 6.07) is 7.96. The second-order valence-corrected chi connectivity index (χ2v) is 6.30. The molecule has 0 aliphatic heterocycles. The quantitative estimate of drug-likeness (QED) is 0.612. The van der Waals surface area contributed by atoms with Gasteiger partial charge in [0.2, 0.25) is 11.9 Å². The molecule has 0 saturated heterocycles. The van der Waals surface area contributed by atoms with Crippen molar-refractivity contribution in [2.24, 2.45) is 7.05 Å². The van der Waals surface area contributed by atoms with E-state index in [1.165, 1.54) is 0 Å². The second-order valence-electron chi connectivity index (χ2n) is 6.30. The van der Waals surface area contributed by atoms with E-state index in [1.807, 2.05) is 58.3 Å². The van der Waals surface area contributed by atoms with E-state index in [1.54, 1.807) is 10.9 Å². The number of para-hydroxylation sites is 1. The molecule has 7 nitrogen and oxygen atoms in total. The summed E-state index contributed by atoms with van der Waals surface area (Å²) in [5.74, 6) is 0.947. The van der Waals surface area contributed by atoms with Gasteiger partial charge in [-0.2, -0.15) is 5.10 Å². The first kappa shape index (κ1) is 16.1. The number of aromatic nitrogens is 6. The number of hydrogen-bond donors (Lipinski definition) is 1. The highest BCUT2D eigenvalue weighted by Gasteiger charge is 2.11. The normalized spacial score (nSPS) is 11.1. The van der Waals surface area contributed by atoms with E-state index in [9.17, 15) is 0 Å². The number of rotatable bonds is 3. The molecule has 0 saturated carbocycles. The first-order valence-corrected chi connectivity index (χ1v) is 8.36. The van der Waals surface area contributed by atoms with E-state index in [4.69, 9.17) is 0 Å². The number of nitrogens with zero attached hydrogens (tertiary/aromatic N) is 6. The summed E-state index contributed by atoms with van der Waals surface area (Å²) in [6.07, 6.45) is 3.66. The highest BCUT2D eigenvalue weighted by Crippen LogP contribution is 2.23. The molecule has 0 bridgehead atoms. The number of benzene rings is 1. The van der Waals surface area contributed by atoms with Crippen LogP contribution in [0, 0.1) is 20.8 Å². The number of hydrogen-bond acceptors (Lipinski definition) is 6. The molecule has 7 heteroatoms. The SMILES string of the molecule is Cc1nn(C)cc1-c1ccnc(Nc2nc(C)c3cccc(C)c3n2)n1. The van der Waals surface area contributed by atoms with Crippen molar-refractivity contribution in [1.82, 2.24) is 29.7 Å². The van der Waals surface area contributed by atoms with E-state index in [0.717, 1.165) is 39.1 Å². The summed E-state index contributed by atoms with van der Waals surface area (Å²) in [6.45, 7) is 5.98. The smallest absolute Gasteiger partial charge is 0.230 e. The van der Waals surface area contributed by atoms with Gasteiger partial charge in [0, 0.05) is 30.4 Å². The third-order valence-corrected chi connectivity index (χ3v) is 4.29. The Morgan fingerprint density at radius 1 is 0.923 bits per heavy atom. The van der Waals surface area contributed by atoms with Gasteiger partial charge in [0.1, 0.15) is 0 Å². The van der Waals surface area contributed by atoms with Crippen LogP contribution in [0.3, 0.4) is 0 Å². The number of aryl methyl sites for hydroxylation is 4. The lowest BCUT2D eigenvalue weighted by atomic mass is 10.1. The lowest BCUT2D eigenvalue weighted by Crippen LogP contribution is -2.04. The maximum absolute atomic E-state index is 4.64. The molecule has 0 aliphatic rings. The minimum atomic E-state index is 0.457. The van der Waals surface area contributed by atoms with E-state index < -0.39 is 0 Å². The van der Waals surface area contributed by atoms with Crippen LogP contribution in [0.4, 0.5) is 11.9 Å². The van der Waals surface area contributed by atoms with Crippen molar-refractivity contribution < 1.29 is 0 Å². The third-order valence-electron chi connectivity index (χ3n) is 4.29. The van der Waals surface area contributed by atoms with Gasteiger partial charge in [0.05, 0.1) is 22.6 Å². The second kappa shape index (κ2) is 6.18. The van der Waals surface area contributed by atoms with Gasteiger partial charge >= 0.3 is 0 Å². The Bertz CT molecular complexity index is 1110. The molecule has 0 spiro atoms. The molecular formula is C19H19N7. The maximum Gasteiger partial charge on any atom is 0.230 e. The fraction of sp³-hybridized carbons (Fsp3) is 0.211. The van der Waals surface area contributed by atoms with E-state index >= 15 is 0 Å². The molecule has 0 unspecified atom stereocenters. The number of anilines is 2. The van der Waals surface area contributed by atoms with Crippen molar-refractivity contribution in [1.29, 1.82) is 0 Å². The van der Waals surface area contributed by atoms with Crippen LogP contribution in [-0.4, -0.2) is 29.7 Å². The van der Waals surface area contributed by atoms with Crippen molar-refractivity contribution >= 4 is 22.8 Å². The van der Waals surface area contributed by atoms with Gasteiger partial charge < -0.3 is 0 Å². The molecule has 0 radical (unpaired) electrons. The van der Waals surface area contributed by atoms with Crippen LogP contribution in [-0.2, 0) is 7.05 Å². The van der Waals surface area contributed by atoms with Crippen LogP contribution in [0.5, 0.6) is 0 Å². The molecule has 0 fully saturated rings. The van der Waals surface area contributed by atoms with Crippen LogP contribution in [0.25, 0.3) is 22.2 Å². The largest absolute Gasteiger partial charge is 0.293 e. The molecule has 0 aliphatic carbocycles. The van der Waals surface area contributed by atoms with Gasteiger partial charge in [0.25, 0.3) is 0 Å². The standard InChI is InChI=1S/C19H19N7/c1-11-6-5-7-14-12(2)21-19(23-17(11)14)24-18-20-9-8-16(22-18)15-10-26(4)25-13(15)3/h5-10H,1-4H3,(H,20,21,22,23,24). The lowest BCUT2D eigenvalue weighted by molar-refractivity contribution is 0.756. The zero-order valence-corrected chi connectivity index (χ0v) is 15.1. The summed E-state index contributed by atoms with van der Waals surface area (Å²) >= 11 is 0. The Morgan fingerprint density at radius 2 is 1.77 bits per heavy atom. The first-order chi connectivity index (χ1) is 12.5. The predicted octanol–water partition coefficient (Wildman–Crippen LogP) is 3.49. The molecule has 0 atom stereocenters. The van der Waals surface area contributed by atoms with E-state index in [2.05, 4.69) is 30.4 Å². The van der Waals surface area contributed by atoms with Crippen LogP contribution >= 0.6 is 0 Å². The minimum Gasteiger partial charge on any atom is -0.293 e. The van der Waals surface area contributed by atoms with Crippen LogP contribution in [0.2, 0.25) is 0 Å². The van der Waals surface area contributed by atoms with Crippen LogP contribution in [0.1, 0.15) is 17.0 Å². The first-order valence-electron chi connectivity index (χ1n) is 8.36. The fourth-order valence-electron chi connectivity index (χ4n) is 3.03. The molecule has 3 aromatic heterocycles. The van der Waals surface area contributed by atoms with Crippen LogP contribution < -0.4 is 5.32 Å². The van der Waals surface area contributed by atoms with Crippen molar-refractivity contribution in [3.8, 4) is 11.3 Å². The molecular weight excluding hydrogens is 326 g/mol. The molecule has 1 aromatic carbocycles. The summed E-state index contributed by atoms with van der Waals surface area (Å²) in [5, 5.41) is 8.55. The highest BCUT2D eigenvalue weighted by atomic mass is 15.3. The summed E-state index contributed by atoms with van der Waals surface area (Å²) in [5.41, 5.74) is 5.66. The Balaban J connectivity index is 1.72. The van der Waals surface area contributed by atoms with E-state index in [0.29, 0.717) is 11.9 Å². The van der Waals surface area contributed by atoms with Crippen LogP contribution in [0.15, 0.2) is 36.7 Å². The van der Waals surface area contributed by atoms with Crippen molar-refractivity contribution in [3.05, 3.63) is 53.6 Å². The van der Waals surface area contributed by atoms with Gasteiger partial charge in [-0.25, -0.2) is 19.9 Å². The maximum atomic E-state index is 4.64. The fourth-order valence-corrected chi connectivity index (χ4v) is 3.03. The Morgan fingerprint density at radius 3 is 2.54 bits per heavy atom. The highest BCUT2D eigenvalue weighted by molar-refractivity contribution is 5.84. The molecule has 1 N–H and O–H groups in total. The Labute approximate surface area is 151 Å². The molecule has 130 valence electrons. The van der Waals surface area contributed by atoms with Gasteiger partial charge in [-0.3, -0.25) is 10.00 Å². The van der Waals surface area contributed by atoms with Crippen molar-refractivity contribution in [2.45, 2.75) is 20.8 Å². The summed E-state index contributed by atoms with van der Waals surface area (Å²) in [4.78, 5) is 18.1. The molecule has 3 heterocycles. The average molecular weight is 345 g/mol. The van der Waals surface area contributed by atoms with Gasteiger partial charge in [-0.1, -0.05) is 18.2 Å². The van der Waals surface area contributed by atoms with Gasteiger partial charge in [-0.15, -0.1) is 0 Å². The van der Waals surface area contributed by atoms with Crippen molar-refractivity contribution in [2.75, 3.05) is 5.32 Å². The molecule has 4 aromatic rings. The summed E-state index contributed by atoms with van der Waals surface area (Å²) < 4.78 is 1.78. The zero-order valence-electron chi connectivity index (χ0n) is 15.1. The van der Waals surface area contributed by atoms with Gasteiger partial charge in [-0.05, 0) is 32.4 Å². The van der Waals surface area contributed by atoms with Gasteiger partial charge in [0.15, 0.2) is 0 Å². The monoisotopic (exact) mass is 345 g/mol. The predicted molar refractivity (Wildman–Crippen MR) is 101 cm³/mol. The number of fused-ring (bicyclic) bond motifs is 1.